The van der Waals surface area contributed by atoms with Gasteiger partial charge in [0.25, 0.3) is 0 Å². The summed E-state index contributed by atoms with van der Waals surface area (Å²) in [6.45, 7) is 3.51. The molecule has 0 spiro atoms. The van der Waals surface area contributed by atoms with Crippen molar-refractivity contribution in [3.63, 3.8) is 0 Å². The fourth-order valence-corrected chi connectivity index (χ4v) is 4.70. The van der Waals surface area contributed by atoms with Crippen LogP contribution in [0.5, 0.6) is 0 Å². The van der Waals surface area contributed by atoms with Crippen LogP contribution in [0.4, 0.5) is 0 Å². The van der Waals surface area contributed by atoms with E-state index in [2.05, 4.69) is 22.0 Å². The molecule has 0 aromatic carbocycles. The zero-order valence-corrected chi connectivity index (χ0v) is 13.5. The van der Waals surface area contributed by atoms with Gasteiger partial charge in [-0.05, 0) is 50.3 Å². The molecule has 0 aliphatic carbocycles. The van der Waals surface area contributed by atoms with Crippen molar-refractivity contribution in [3.8, 4) is 0 Å². The lowest BCUT2D eigenvalue weighted by Crippen LogP contribution is -2.43. The number of hydrogen-bond donors (Lipinski definition) is 1. The van der Waals surface area contributed by atoms with Crippen molar-refractivity contribution < 1.29 is 8.42 Å². The van der Waals surface area contributed by atoms with Crippen LogP contribution in [0.1, 0.15) is 37.4 Å². The summed E-state index contributed by atoms with van der Waals surface area (Å²) in [5.74, 6) is 0.462. The Morgan fingerprint density at radius 1 is 1.29 bits per heavy atom. The van der Waals surface area contributed by atoms with Crippen LogP contribution >= 0.6 is 0 Å². The highest BCUT2D eigenvalue weighted by Gasteiger charge is 2.32. The SMILES string of the molecule is CS(=O)(=O)N1CCC[C@H](CN2CCC[C@H]2c2ccc[nH]2)C1. The molecule has 2 aliphatic rings. The number of nitrogens with one attached hydrogen (secondary N) is 1. The second kappa shape index (κ2) is 6.10. The molecule has 118 valence electrons. The van der Waals surface area contributed by atoms with Crippen molar-refractivity contribution in [2.45, 2.75) is 31.7 Å². The molecule has 2 fully saturated rings. The number of H-pyrrole nitrogens is 1. The Labute approximate surface area is 127 Å². The van der Waals surface area contributed by atoms with Crippen LogP contribution in [0.3, 0.4) is 0 Å². The summed E-state index contributed by atoms with van der Waals surface area (Å²) >= 11 is 0. The van der Waals surface area contributed by atoms with Gasteiger partial charge in [0.15, 0.2) is 0 Å². The predicted octanol–water partition coefficient (Wildman–Crippen LogP) is 1.82. The standard InChI is InChI=1S/C15H25N3O2S/c1-21(19,20)18-10-3-5-13(12-18)11-17-9-4-7-15(17)14-6-2-8-16-14/h2,6,8,13,15-16H,3-5,7,9-12H2,1H3/t13-,15+/m1/s1. The Morgan fingerprint density at radius 3 is 2.81 bits per heavy atom. The molecule has 0 radical (unpaired) electrons. The van der Waals surface area contributed by atoms with Gasteiger partial charge in [0.05, 0.1) is 6.26 Å². The van der Waals surface area contributed by atoms with E-state index in [1.54, 1.807) is 4.31 Å². The summed E-state index contributed by atoms with van der Waals surface area (Å²) in [7, 11) is -3.04. The molecule has 5 nitrogen and oxygen atoms in total. The van der Waals surface area contributed by atoms with E-state index in [0.29, 0.717) is 25.0 Å². The Hall–Kier alpha value is -0.850. The molecular formula is C15H25N3O2S. The Bertz CT molecular complexity index is 555. The first-order valence-corrected chi connectivity index (χ1v) is 9.71. The van der Waals surface area contributed by atoms with Crippen molar-refractivity contribution in [2.75, 3.05) is 32.4 Å². The summed E-state index contributed by atoms with van der Waals surface area (Å²) in [5.41, 5.74) is 1.29. The van der Waals surface area contributed by atoms with Crippen molar-refractivity contribution in [1.82, 2.24) is 14.2 Å². The third-order valence-electron chi connectivity index (χ3n) is 4.79. The normalized spacial score (nSPS) is 29.0. The molecule has 3 heterocycles. The van der Waals surface area contributed by atoms with Gasteiger partial charge in [0, 0.05) is 37.6 Å². The molecule has 2 aliphatic heterocycles. The smallest absolute Gasteiger partial charge is 0.211 e. The molecule has 6 heteroatoms. The highest BCUT2D eigenvalue weighted by molar-refractivity contribution is 7.88. The molecule has 2 saturated heterocycles. The summed E-state index contributed by atoms with van der Waals surface area (Å²) in [6, 6.07) is 4.69. The van der Waals surface area contributed by atoms with E-state index in [9.17, 15) is 8.42 Å². The van der Waals surface area contributed by atoms with Crippen molar-refractivity contribution >= 4 is 10.0 Å². The molecule has 0 unspecified atom stereocenters. The van der Waals surface area contributed by atoms with E-state index in [1.165, 1.54) is 24.8 Å². The van der Waals surface area contributed by atoms with Gasteiger partial charge in [0.1, 0.15) is 0 Å². The van der Waals surface area contributed by atoms with Gasteiger partial charge in [-0.25, -0.2) is 12.7 Å². The van der Waals surface area contributed by atoms with Gasteiger partial charge in [0.2, 0.25) is 10.0 Å². The third kappa shape index (κ3) is 3.49. The number of sulfonamides is 1. The zero-order chi connectivity index (χ0) is 14.9. The Balaban J connectivity index is 1.63. The van der Waals surface area contributed by atoms with Crippen LogP contribution in [0.2, 0.25) is 0 Å². The van der Waals surface area contributed by atoms with Gasteiger partial charge in [-0.2, -0.15) is 0 Å². The lowest BCUT2D eigenvalue weighted by molar-refractivity contribution is 0.167. The minimum absolute atomic E-state index is 0.462. The zero-order valence-electron chi connectivity index (χ0n) is 12.7. The van der Waals surface area contributed by atoms with Crippen LogP contribution in [-0.4, -0.2) is 55.0 Å². The van der Waals surface area contributed by atoms with Crippen LogP contribution in [0.25, 0.3) is 0 Å². The molecule has 2 atom stereocenters. The Morgan fingerprint density at radius 2 is 2.10 bits per heavy atom. The van der Waals surface area contributed by atoms with Crippen molar-refractivity contribution in [1.29, 1.82) is 0 Å². The van der Waals surface area contributed by atoms with Gasteiger partial charge < -0.3 is 4.98 Å². The molecule has 0 bridgehead atoms. The molecular weight excluding hydrogens is 286 g/mol. The molecule has 1 aromatic rings. The molecule has 0 saturated carbocycles. The first-order valence-electron chi connectivity index (χ1n) is 7.86. The van der Waals surface area contributed by atoms with Crippen LogP contribution < -0.4 is 0 Å². The number of hydrogen-bond acceptors (Lipinski definition) is 3. The predicted molar refractivity (Wildman–Crippen MR) is 83.5 cm³/mol. The van der Waals surface area contributed by atoms with E-state index in [0.717, 1.165) is 25.9 Å². The maximum absolute atomic E-state index is 11.7. The average Bonchev–Trinajstić information content (AvgIpc) is 3.08. The van der Waals surface area contributed by atoms with Crippen LogP contribution in [-0.2, 0) is 10.0 Å². The molecule has 1 N–H and O–H groups in total. The third-order valence-corrected chi connectivity index (χ3v) is 6.06. The number of piperidine rings is 1. The largest absolute Gasteiger partial charge is 0.364 e. The highest BCUT2D eigenvalue weighted by Crippen LogP contribution is 2.32. The number of aromatic amines is 1. The topological polar surface area (TPSA) is 56.4 Å². The van der Waals surface area contributed by atoms with E-state index in [1.807, 2.05) is 6.20 Å². The first kappa shape index (κ1) is 15.1. The number of nitrogens with zero attached hydrogens (tertiary/aromatic N) is 2. The lowest BCUT2D eigenvalue weighted by atomic mass is 9.98. The number of likely N-dealkylation sites (tertiary alicyclic amines) is 1. The second-order valence-corrected chi connectivity index (χ2v) is 8.39. The molecule has 1 aromatic heterocycles. The van der Waals surface area contributed by atoms with Gasteiger partial charge in [-0.3, -0.25) is 4.90 Å². The van der Waals surface area contributed by atoms with Gasteiger partial charge >= 0.3 is 0 Å². The highest BCUT2D eigenvalue weighted by atomic mass is 32.2. The molecule has 21 heavy (non-hydrogen) atoms. The van der Waals surface area contributed by atoms with E-state index in [4.69, 9.17) is 0 Å². The maximum atomic E-state index is 11.7. The monoisotopic (exact) mass is 311 g/mol. The van der Waals surface area contributed by atoms with Gasteiger partial charge in [-0.15, -0.1) is 0 Å². The Kier molecular flexibility index (Phi) is 4.38. The first-order chi connectivity index (χ1) is 10.0. The summed E-state index contributed by atoms with van der Waals surface area (Å²) in [4.78, 5) is 5.86. The summed E-state index contributed by atoms with van der Waals surface area (Å²) < 4.78 is 25.1. The summed E-state index contributed by atoms with van der Waals surface area (Å²) in [5, 5.41) is 0. The average molecular weight is 311 g/mol. The quantitative estimate of drug-likeness (QED) is 0.923. The van der Waals surface area contributed by atoms with Crippen LogP contribution in [0, 0.1) is 5.92 Å². The van der Waals surface area contributed by atoms with E-state index in [-0.39, 0.29) is 0 Å². The van der Waals surface area contributed by atoms with Crippen molar-refractivity contribution in [3.05, 3.63) is 24.0 Å². The fourth-order valence-electron chi connectivity index (χ4n) is 3.76. The van der Waals surface area contributed by atoms with Gasteiger partial charge in [-0.1, -0.05) is 0 Å². The van der Waals surface area contributed by atoms with Crippen LogP contribution in [0.15, 0.2) is 18.3 Å². The maximum Gasteiger partial charge on any atom is 0.211 e. The minimum Gasteiger partial charge on any atom is -0.364 e. The second-order valence-electron chi connectivity index (χ2n) is 6.41. The van der Waals surface area contributed by atoms with E-state index < -0.39 is 10.0 Å². The number of aromatic nitrogens is 1. The minimum atomic E-state index is -3.04. The molecule has 0 amide bonds. The fraction of sp³-hybridized carbons (Fsp3) is 0.733. The van der Waals surface area contributed by atoms with E-state index >= 15 is 0 Å². The molecule has 3 rings (SSSR count). The van der Waals surface area contributed by atoms with Crippen molar-refractivity contribution in [2.24, 2.45) is 5.92 Å². The number of rotatable bonds is 4. The lowest BCUT2D eigenvalue weighted by Gasteiger charge is -2.35. The summed E-state index contributed by atoms with van der Waals surface area (Å²) in [6.07, 6.45) is 7.86.